The van der Waals surface area contributed by atoms with Gasteiger partial charge in [-0.1, -0.05) is 12.1 Å². The molecule has 0 aliphatic carbocycles. The topological polar surface area (TPSA) is 49.8 Å². The Bertz CT molecular complexity index is 542. The summed E-state index contributed by atoms with van der Waals surface area (Å²) in [6.45, 7) is 3.82. The lowest BCUT2D eigenvalue weighted by Gasteiger charge is -2.36. The first-order chi connectivity index (χ1) is 10.7. The van der Waals surface area contributed by atoms with Crippen molar-refractivity contribution in [2.75, 3.05) is 6.54 Å². The minimum atomic E-state index is -4.37. The predicted octanol–water partition coefficient (Wildman–Crippen LogP) is 3.75. The van der Waals surface area contributed by atoms with E-state index in [1.165, 1.54) is 17.0 Å². The molecule has 128 valence electrons. The van der Waals surface area contributed by atoms with E-state index in [1.807, 2.05) is 0 Å². The van der Waals surface area contributed by atoms with E-state index < -0.39 is 23.9 Å². The monoisotopic (exact) mass is 331 g/mol. The largest absolute Gasteiger partial charge is 0.446 e. The van der Waals surface area contributed by atoms with Crippen LogP contribution in [-0.2, 0) is 10.9 Å². The van der Waals surface area contributed by atoms with Crippen LogP contribution in [0.4, 0.5) is 18.0 Å². The van der Waals surface area contributed by atoms with Crippen molar-refractivity contribution in [2.24, 2.45) is 0 Å². The van der Waals surface area contributed by atoms with Gasteiger partial charge in [0.05, 0.1) is 17.7 Å². The lowest BCUT2D eigenvalue weighted by molar-refractivity contribution is -0.137. The number of hydrogen-bond donors (Lipinski definition) is 1. The van der Waals surface area contributed by atoms with Gasteiger partial charge in [0.25, 0.3) is 0 Å². The van der Waals surface area contributed by atoms with Crippen LogP contribution in [0.25, 0.3) is 0 Å². The fourth-order valence-corrected chi connectivity index (χ4v) is 2.67. The molecule has 2 rings (SSSR count). The van der Waals surface area contributed by atoms with Crippen molar-refractivity contribution in [2.45, 2.75) is 51.1 Å². The Kier molecular flexibility index (Phi) is 5.19. The molecule has 0 bridgehead atoms. The number of ether oxygens (including phenoxy) is 1. The second-order valence-electron chi connectivity index (χ2n) is 5.87. The average molecular weight is 331 g/mol. The second-order valence-corrected chi connectivity index (χ2v) is 5.87. The van der Waals surface area contributed by atoms with Gasteiger partial charge in [0.1, 0.15) is 6.10 Å². The molecule has 7 heteroatoms. The smallest absolute Gasteiger partial charge is 0.416 e. The molecule has 1 saturated heterocycles. The van der Waals surface area contributed by atoms with Gasteiger partial charge in [-0.15, -0.1) is 0 Å². The van der Waals surface area contributed by atoms with Gasteiger partial charge >= 0.3 is 12.3 Å². The fraction of sp³-hybridized carbons (Fsp3) is 0.562. The normalized spacial score (nSPS) is 21.7. The molecule has 0 saturated carbocycles. The molecule has 3 atom stereocenters. The van der Waals surface area contributed by atoms with Crippen molar-refractivity contribution < 1.29 is 27.8 Å². The molecule has 1 fully saturated rings. The highest BCUT2D eigenvalue weighted by molar-refractivity contribution is 5.69. The number of carbonyl (C=O) groups excluding carboxylic acids is 1. The van der Waals surface area contributed by atoms with Crippen LogP contribution in [-0.4, -0.2) is 34.9 Å². The van der Waals surface area contributed by atoms with E-state index in [0.717, 1.165) is 12.1 Å². The van der Waals surface area contributed by atoms with Gasteiger partial charge in [-0.3, -0.25) is 0 Å². The Hall–Kier alpha value is -1.76. The summed E-state index contributed by atoms with van der Waals surface area (Å²) in [5.41, 5.74) is -0.101. The molecular formula is C16H20F3NO3. The summed E-state index contributed by atoms with van der Waals surface area (Å²) in [5.74, 6) is 0. The molecular weight excluding hydrogens is 311 g/mol. The van der Waals surface area contributed by atoms with Gasteiger partial charge in [0, 0.05) is 19.4 Å². The standard InChI is InChI=1S/C16H20F3NO3/c1-10(21)9-14-7-8-20(15(22)23-14)11(2)12-3-5-13(6-4-12)16(17,18)19/h3-6,10-11,14,21H,7-9H2,1-2H3. The Morgan fingerprint density at radius 1 is 1.30 bits per heavy atom. The Morgan fingerprint density at radius 3 is 2.39 bits per heavy atom. The van der Waals surface area contributed by atoms with Crippen LogP contribution in [0.3, 0.4) is 0 Å². The number of aliphatic hydroxyl groups is 1. The first kappa shape index (κ1) is 17.6. The number of carbonyl (C=O) groups is 1. The number of cyclic esters (lactones) is 1. The molecule has 1 aliphatic rings. The summed E-state index contributed by atoms with van der Waals surface area (Å²) < 4.78 is 43.0. The van der Waals surface area contributed by atoms with Gasteiger partial charge in [0.2, 0.25) is 0 Å². The lowest BCUT2D eigenvalue weighted by atomic mass is 10.0. The van der Waals surface area contributed by atoms with Crippen LogP contribution in [0.1, 0.15) is 43.9 Å². The Labute approximate surface area is 132 Å². The molecule has 3 unspecified atom stereocenters. The zero-order valence-corrected chi connectivity index (χ0v) is 13.0. The Balaban J connectivity index is 2.03. The summed E-state index contributed by atoms with van der Waals surface area (Å²) >= 11 is 0. The second kappa shape index (κ2) is 6.78. The number of halogens is 3. The van der Waals surface area contributed by atoms with Crippen LogP contribution in [0, 0.1) is 0 Å². The maximum atomic E-state index is 12.6. The first-order valence-corrected chi connectivity index (χ1v) is 7.51. The zero-order valence-electron chi connectivity index (χ0n) is 13.0. The molecule has 4 nitrogen and oxygen atoms in total. The third-order valence-corrected chi connectivity index (χ3v) is 3.99. The summed E-state index contributed by atoms with van der Waals surface area (Å²) in [4.78, 5) is 13.6. The number of amides is 1. The number of alkyl halides is 3. The summed E-state index contributed by atoms with van der Waals surface area (Å²) in [7, 11) is 0. The molecule has 1 N–H and O–H groups in total. The van der Waals surface area contributed by atoms with E-state index in [-0.39, 0.29) is 12.1 Å². The van der Waals surface area contributed by atoms with Gasteiger partial charge < -0.3 is 14.7 Å². The quantitative estimate of drug-likeness (QED) is 0.914. The van der Waals surface area contributed by atoms with Crippen molar-refractivity contribution in [1.82, 2.24) is 4.90 Å². The van der Waals surface area contributed by atoms with Crippen LogP contribution < -0.4 is 0 Å². The molecule has 1 aliphatic heterocycles. The van der Waals surface area contributed by atoms with Crippen molar-refractivity contribution in [1.29, 1.82) is 0 Å². The highest BCUT2D eigenvalue weighted by Crippen LogP contribution is 2.31. The zero-order chi connectivity index (χ0) is 17.2. The molecule has 1 amide bonds. The lowest BCUT2D eigenvalue weighted by Crippen LogP contribution is -2.44. The maximum Gasteiger partial charge on any atom is 0.416 e. The Morgan fingerprint density at radius 2 is 1.91 bits per heavy atom. The third-order valence-electron chi connectivity index (χ3n) is 3.99. The van der Waals surface area contributed by atoms with Crippen LogP contribution >= 0.6 is 0 Å². The van der Waals surface area contributed by atoms with Crippen molar-refractivity contribution in [3.63, 3.8) is 0 Å². The molecule has 0 aromatic heterocycles. The summed E-state index contributed by atoms with van der Waals surface area (Å²) in [5, 5.41) is 9.34. The van der Waals surface area contributed by atoms with E-state index in [9.17, 15) is 23.1 Å². The molecule has 23 heavy (non-hydrogen) atoms. The highest BCUT2D eigenvalue weighted by Gasteiger charge is 2.33. The van der Waals surface area contributed by atoms with E-state index >= 15 is 0 Å². The first-order valence-electron chi connectivity index (χ1n) is 7.51. The number of nitrogens with zero attached hydrogens (tertiary/aromatic N) is 1. The maximum absolute atomic E-state index is 12.6. The average Bonchev–Trinajstić information content (AvgIpc) is 2.45. The van der Waals surface area contributed by atoms with Crippen LogP contribution in [0.5, 0.6) is 0 Å². The minimum Gasteiger partial charge on any atom is -0.446 e. The van der Waals surface area contributed by atoms with Gasteiger partial charge in [-0.25, -0.2) is 4.79 Å². The van der Waals surface area contributed by atoms with E-state index in [2.05, 4.69) is 0 Å². The van der Waals surface area contributed by atoms with Crippen molar-refractivity contribution in [3.05, 3.63) is 35.4 Å². The molecule has 1 aromatic carbocycles. The summed E-state index contributed by atoms with van der Waals surface area (Å²) in [6.07, 6.45) is -4.78. The number of rotatable bonds is 4. The number of aliphatic hydroxyl groups excluding tert-OH is 1. The van der Waals surface area contributed by atoms with Crippen molar-refractivity contribution in [3.8, 4) is 0 Å². The van der Waals surface area contributed by atoms with Crippen LogP contribution in [0.15, 0.2) is 24.3 Å². The number of benzene rings is 1. The van der Waals surface area contributed by atoms with E-state index in [4.69, 9.17) is 4.74 Å². The van der Waals surface area contributed by atoms with E-state index in [1.54, 1.807) is 13.8 Å². The SMILES string of the molecule is CC(O)CC1CCN(C(C)c2ccc(C(F)(F)F)cc2)C(=O)O1. The van der Waals surface area contributed by atoms with E-state index in [0.29, 0.717) is 24.9 Å². The molecule has 1 aromatic rings. The van der Waals surface area contributed by atoms with Gasteiger partial charge in [0.15, 0.2) is 0 Å². The number of hydrogen-bond acceptors (Lipinski definition) is 3. The highest BCUT2D eigenvalue weighted by atomic mass is 19.4. The molecule has 0 spiro atoms. The molecule has 1 heterocycles. The van der Waals surface area contributed by atoms with Gasteiger partial charge in [-0.2, -0.15) is 13.2 Å². The summed E-state index contributed by atoms with van der Waals surface area (Å²) in [6, 6.07) is 4.40. The predicted molar refractivity (Wildman–Crippen MR) is 77.7 cm³/mol. The fourth-order valence-electron chi connectivity index (χ4n) is 2.67. The third kappa shape index (κ3) is 4.37. The minimum absolute atomic E-state index is 0.321. The van der Waals surface area contributed by atoms with Crippen molar-refractivity contribution >= 4 is 6.09 Å². The van der Waals surface area contributed by atoms with Gasteiger partial charge in [-0.05, 0) is 31.5 Å². The van der Waals surface area contributed by atoms with Crippen LogP contribution in [0.2, 0.25) is 0 Å². The molecule has 0 radical (unpaired) electrons.